The molecule has 356 valence electrons. The van der Waals surface area contributed by atoms with Crippen LogP contribution >= 0.6 is 11.6 Å². The maximum absolute atomic E-state index is 13.6. The first-order valence-electron chi connectivity index (χ1n) is 22.7. The third kappa shape index (κ3) is 17.9. The standard InChI is InChI=1S/C50H74ClN3O10/c1-47(2,3)61-42(55)40(38-20-23-53(31-38)45(58)63-49(7,8)9)29-35-16-13-15-34(27-35)19-22-52(44(51)57)25-26-60-33-37-18-14-17-36(28-37)30-41(43(56)62-48(4,5)6)39-21-24-54(32-39)46(59)64-50(10,11)12/h13-18,27-28,38-41H,19-26,29-33H2,1-12H3/t38-,39-,40-,41-/m0/s1. The van der Waals surface area contributed by atoms with Crippen molar-refractivity contribution in [2.75, 3.05) is 45.9 Å². The van der Waals surface area contributed by atoms with E-state index in [4.69, 9.17) is 35.3 Å². The van der Waals surface area contributed by atoms with Crippen LogP contribution in [0.25, 0.3) is 0 Å². The minimum Gasteiger partial charge on any atom is -0.460 e. The molecule has 2 aromatic rings. The summed E-state index contributed by atoms with van der Waals surface area (Å²) in [6.45, 7) is 25.2. The average molecular weight is 913 g/mol. The van der Waals surface area contributed by atoms with Crippen LogP contribution in [0.5, 0.6) is 0 Å². The van der Waals surface area contributed by atoms with Crippen LogP contribution < -0.4 is 0 Å². The molecule has 0 radical (unpaired) electrons. The van der Waals surface area contributed by atoms with Crippen molar-refractivity contribution in [1.82, 2.24) is 14.7 Å². The third-order valence-corrected chi connectivity index (χ3v) is 11.1. The van der Waals surface area contributed by atoms with Gasteiger partial charge in [0.1, 0.15) is 22.4 Å². The van der Waals surface area contributed by atoms with Gasteiger partial charge in [-0.05, 0) is 161 Å². The zero-order chi connectivity index (χ0) is 47.6. The summed E-state index contributed by atoms with van der Waals surface area (Å²) in [6.07, 6.45) is 2.00. The number of likely N-dealkylation sites (tertiary alicyclic amines) is 2. The van der Waals surface area contributed by atoms with E-state index in [0.29, 0.717) is 71.4 Å². The molecule has 13 nitrogen and oxygen atoms in total. The maximum atomic E-state index is 13.6. The normalized spacial score (nSPS) is 18.0. The molecular formula is C50H74ClN3O10. The van der Waals surface area contributed by atoms with Gasteiger partial charge in [0.05, 0.1) is 25.0 Å². The molecule has 2 aliphatic heterocycles. The van der Waals surface area contributed by atoms with Crippen molar-refractivity contribution in [2.24, 2.45) is 23.7 Å². The molecule has 14 heteroatoms. The Labute approximate surface area is 386 Å². The fourth-order valence-electron chi connectivity index (χ4n) is 8.04. The Hall–Kier alpha value is -4.36. The van der Waals surface area contributed by atoms with Crippen LogP contribution in [0.4, 0.5) is 14.4 Å². The lowest BCUT2D eigenvalue weighted by Gasteiger charge is -2.28. The molecule has 2 heterocycles. The van der Waals surface area contributed by atoms with Crippen molar-refractivity contribution in [2.45, 2.75) is 144 Å². The van der Waals surface area contributed by atoms with Crippen LogP contribution in [-0.2, 0) is 59.1 Å². The molecule has 4 rings (SSSR count). The summed E-state index contributed by atoms with van der Waals surface area (Å²) in [5.41, 5.74) is 1.27. The van der Waals surface area contributed by atoms with Crippen LogP contribution in [0, 0.1) is 23.7 Å². The molecule has 2 saturated heterocycles. The number of ether oxygens (including phenoxy) is 5. The molecule has 0 saturated carbocycles. The summed E-state index contributed by atoms with van der Waals surface area (Å²) >= 11 is 6.06. The molecule has 0 spiro atoms. The summed E-state index contributed by atoms with van der Waals surface area (Å²) < 4.78 is 29.0. The highest BCUT2D eigenvalue weighted by molar-refractivity contribution is 6.62. The largest absolute Gasteiger partial charge is 0.460 e. The number of halogens is 1. The quantitative estimate of drug-likeness (QED) is 0.0526. The highest BCUT2D eigenvalue weighted by Gasteiger charge is 2.41. The zero-order valence-electron chi connectivity index (χ0n) is 40.4. The fourth-order valence-corrected chi connectivity index (χ4v) is 8.21. The van der Waals surface area contributed by atoms with E-state index in [1.54, 1.807) is 14.7 Å². The van der Waals surface area contributed by atoms with Gasteiger partial charge in [-0.1, -0.05) is 48.5 Å². The lowest BCUT2D eigenvalue weighted by Crippen LogP contribution is -2.38. The topological polar surface area (TPSA) is 141 Å². The molecule has 0 bridgehead atoms. The van der Waals surface area contributed by atoms with E-state index >= 15 is 0 Å². The van der Waals surface area contributed by atoms with Crippen molar-refractivity contribution in [3.8, 4) is 0 Å². The molecule has 2 fully saturated rings. The maximum Gasteiger partial charge on any atom is 0.410 e. The second-order valence-electron chi connectivity index (χ2n) is 21.3. The number of hydrogen-bond donors (Lipinski definition) is 0. The Balaban J connectivity index is 1.33. The molecule has 64 heavy (non-hydrogen) atoms. The molecular weight excluding hydrogens is 838 g/mol. The first-order valence-corrected chi connectivity index (χ1v) is 23.1. The summed E-state index contributed by atoms with van der Waals surface area (Å²) in [5, 5.41) is -0.576. The van der Waals surface area contributed by atoms with Gasteiger partial charge < -0.3 is 38.4 Å². The average Bonchev–Trinajstić information content (AvgIpc) is 3.85. The summed E-state index contributed by atoms with van der Waals surface area (Å²) in [4.78, 5) is 70.3. The molecule has 4 atom stereocenters. The van der Waals surface area contributed by atoms with Gasteiger partial charge in [0.25, 0.3) is 0 Å². The number of hydrogen-bond acceptors (Lipinski definition) is 10. The molecule has 3 amide bonds. The number of carbonyl (C=O) groups excluding carboxylic acids is 5. The number of nitrogens with zero attached hydrogens (tertiary/aromatic N) is 3. The van der Waals surface area contributed by atoms with Gasteiger partial charge >= 0.3 is 29.5 Å². The Bertz CT molecular complexity index is 1910. The van der Waals surface area contributed by atoms with Crippen LogP contribution in [0.2, 0.25) is 0 Å². The van der Waals surface area contributed by atoms with Crippen molar-refractivity contribution in [3.05, 3.63) is 70.8 Å². The van der Waals surface area contributed by atoms with Gasteiger partial charge in [-0.3, -0.25) is 14.4 Å². The highest BCUT2D eigenvalue weighted by atomic mass is 35.5. The van der Waals surface area contributed by atoms with Crippen molar-refractivity contribution >= 4 is 41.1 Å². The van der Waals surface area contributed by atoms with E-state index in [9.17, 15) is 24.0 Å². The summed E-state index contributed by atoms with van der Waals surface area (Å²) in [5.74, 6) is -1.68. The smallest absolute Gasteiger partial charge is 0.410 e. The van der Waals surface area contributed by atoms with Gasteiger partial charge in [-0.25, -0.2) is 9.59 Å². The van der Waals surface area contributed by atoms with E-state index < -0.39 is 39.6 Å². The Kier molecular flexibility index (Phi) is 18.1. The molecule has 0 aliphatic carbocycles. The molecule has 0 unspecified atom stereocenters. The number of amides is 3. The van der Waals surface area contributed by atoms with Crippen LogP contribution in [-0.4, -0.2) is 112 Å². The van der Waals surface area contributed by atoms with E-state index in [2.05, 4.69) is 6.07 Å². The summed E-state index contributed by atoms with van der Waals surface area (Å²) in [6, 6.07) is 15.9. The lowest BCUT2D eigenvalue weighted by atomic mass is 9.85. The van der Waals surface area contributed by atoms with Crippen molar-refractivity contribution < 1.29 is 47.7 Å². The van der Waals surface area contributed by atoms with Gasteiger partial charge in [0.2, 0.25) is 0 Å². The number of esters is 2. The van der Waals surface area contributed by atoms with Gasteiger partial charge in [-0.2, -0.15) is 0 Å². The minimum absolute atomic E-state index is 0.0892. The van der Waals surface area contributed by atoms with E-state index in [-0.39, 0.29) is 49.1 Å². The molecule has 2 aromatic carbocycles. The fraction of sp³-hybridized carbons (Fsp3) is 0.660. The van der Waals surface area contributed by atoms with Crippen molar-refractivity contribution in [3.63, 3.8) is 0 Å². The zero-order valence-corrected chi connectivity index (χ0v) is 41.2. The van der Waals surface area contributed by atoms with Crippen LogP contribution in [0.1, 0.15) is 118 Å². The first-order chi connectivity index (χ1) is 29.6. The predicted octanol–water partition coefficient (Wildman–Crippen LogP) is 9.62. The van der Waals surface area contributed by atoms with E-state index in [0.717, 1.165) is 22.3 Å². The highest BCUT2D eigenvalue weighted by Crippen LogP contribution is 2.33. The van der Waals surface area contributed by atoms with Gasteiger partial charge in [-0.15, -0.1) is 0 Å². The second kappa shape index (κ2) is 22.2. The van der Waals surface area contributed by atoms with Gasteiger partial charge in [0.15, 0.2) is 0 Å². The Morgan fingerprint density at radius 1 is 0.609 bits per heavy atom. The van der Waals surface area contributed by atoms with E-state index in [1.165, 1.54) is 0 Å². The van der Waals surface area contributed by atoms with Crippen LogP contribution in [0.3, 0.4) is 0 Å². The van der Waals surface area contributed by atoms with Crippen LogP contribution in [0.15, 0.2) is 48.5 Å². The second-order valence-corrected chi connectivity index (χ2v) is 21.6. The number of carbonyl (C=O) groups is 5. The lowest BCUT2D eigenvalue weighted by molar-refractivity contribution is -0.163. The molecule has 0 aromatic heterocycles. The number of rotatable bonds is 16. The Morgan fingerprint density at radius 2 is 1.02 bits per heavy atom. The predicted molar refractivity (Wildman–Crippen MR) is 247 cm³/mol. The number of benzene rings is 2. The third-order valence-electron chi connectivity index (χ3n) is 10.9. The van der Waals surface area contributed by atoms with Crippen molar-refractivity contribution in [1.29, 1.82) is 0 Å². The Morgan fingerprint density at radius 3 is 1.44 bits per heavy atom. The SMILES string of the molecule is CC(C)(C)OC(=O)[C@@H](Cc1cccc(CCN(CCOCc2cccc(C[C@H](C(=O)OC(C)(C)C)[C@H]3CCN(C(=O)OC(C)(C)C)C3)c2)C(=O)Cl)c1)[C@H]1CCN(C(=O)OC(C)(C)C)C1. The van der Waals surface area contributed by atoms with Gasteiger partial charge in [0, 0.05) is 39.3 Å². The van der Waals surface area contributed by atoms with E-state index in [1.807, 2.05) is 126 Å². The molecule has 2 aliphatic rings. The minimum atomic E-state index is -0.663. The summed E-state index contributed by atoms with van der Waals surface area (Å²) in [7, 11) is 0. The molecule has 0 N–H and O–H groups in total. The first kappa shape index (κ1) is 52.3. The monoisotopic (exact) mass is 912 g/mol.